The predicted molar refractivity (Wildman–Crippen MR) is 81.3 cm³/mol. The summed E-state index contributed by atoms with van der Waals surface area (Å²) in [7, 11) is 1.42. The summed E-state index contributed by atoms with van der Waals surface area (Å²) >= 11 is 6.14. The molecule has 0 aliphatic rings. The van der Waals surface area contributed by atoms with Crippen molar-refractivity contribution in [2.24, 2.45) is 5.73 Å². The van der Waals surface area contributed by atoms with E-state index in [-0.39, 0.29) is 18.4 Å². The number of hydrogen-bond acceptors (Lipinski definition) is 3. The van der Waals surface area contributed by atoms with Crippen LogP contribution >= 0.6 is 11.6 Å². The van der Waals surface area contributed by atoms with Crippen molar-refractivity contribution in [3.63, 3.8) is 0 Å². The number of methoxy groups -OCH3 is 1. The summed E-state index contributed by atoms with van der Waals surface area (Å²) in [5.74, 6) is 0.326. The SMILES string of the molecule is COc1ccc(COc2ccc([C@H](C)N)cc2Cl)cc1F. The second-order valence-corrected chi connectivity index (χ2v) is 5.14. The summed E-state index contributed by atoms with van der Waals surface area (Å²) in [6.45, 7) is 2.10. The predicted octanol–water partition coefficient (Wildman–Crippen LogP) is 4.09. The van der Waals surface area contributed by atoms with Gasteiger partial charge in [0.15, 0.2) is 11.6 Å². The molecule has 2 rings (SSSR count). The van der Waals surface area contributed by atoms with Gasteiger partial charge in [0.05, 0.1) is 12.1 Å². The largest absolute Gasteiger partial charge is 0.494 e. The van der Waals surface area contributed by atoms with E-state index >= 15 is 0 Å². The Labute approximate surface area is 128 Å². The summed E-state index contributed by atoms with van der Waals surface area (Å²) in [4.78, 5) is 0. The summed E-state index contributed by atoms with van der Waals surface area (Å²) in [5.41, 5.74) is 7.42. The highest BCUT2D eigenvalue weighted by molar-refractivity contribution is 6.32. The first-order valence-electron chi connectivity index (χ1n) is 6.51. The number of ether oxygens (including phenoxy) is 2. The van der Waals surface area contributed by atoms with E-state index in [1.807, 2.05) is 13.0 Å². The average molecular weight is 310 g/mol. The quantitative estimate of drug-likeness (QED) is 0.905. The Balaban J connectivity index is 2.08. The van der Waals surface area contributed by atoms with Crippen molar-refractivity contribution in [1.82, 2.24) is 0 Å². The summed E-state index contributed by atoms with van der Waals surface area (Å²) < 4.78 is 24.1. The van der Waals surface area contributed by atoms with Crippen LogP contribution in [0.4, 0.5) is 4.39 Å². The zero-order chi connectivity index (χ0) is 15.4. The van der Waals surface area contributed by atoms with E-state index in [1.165, 1.54) is 13.2 Å². The minimum absolute atomic E-state index is 0.0905. The molecule has 0 aromatic heterocycles. The van der Waals surface area contributed by atoms with Gasteiger partial charge in [-0.15, -0.1) is 0 Å². The molecule has 0 fully saturated rings. The minimum Gasteiger partial charge on any atom is -0.494 e. The van der Waals surface area contributed by atoms with E-state index in [9.17, 15) is 4.39 Å². The lowest BCUT2D eigenvalue weighted by Crippen LogP contribution is -2.05. The van der Waals surface area contributed by atoms with Gasteiger partial charge in [0.1, 0.15) is 12.4 Å². The molecule has 0 spiro atoms. The number of hydrogen-bond donors (Lipinski definition) is 1. The maximum absolute atomic E-state index is 13.6. The van der Waals surface area contributed by atoms with Crippen molar-refractivity contribution in [2.45, 2.75) is 19.6 Å². The van der Waals surface area contributed by atoms with Crippen molar-refractivity contribution in [2.75, 3.05) is 7.11 Å². The molecular formula is C16H17ClFNO2. The molecule has 0 amide bonds. The fraction of sp³-hybridized carbons (Fsp3) is 0.250. The van der Waals surface area contributed by atoms with Gasteiger partial charge in [-0.2, -0.15) is 0 Å². The van der Waals surface area contributed by atoms with Crippen LogP contribution in [0.2, 0.25) is 5.02 Å². The van der Waals surface area contributed by atoms with Crippen LogP contribution in [0, 0.1) is 5.82 Å². The van der Waals surface area contributed by atoms with Gasteiger partial charge in [-0.1, -0.05) is 23.7 Å². The molecule has 0 radical (unpaired) electrons. The minimum atomic E-state index is -0.419. The lowest BCUT2D eigenvalue weighted by molar-refractivity contribution is 0.305. The Morgan fingerprint density at radius 2 is 1.90 bits per heavy atom. The number of halogens is 2. The summed E-state index contributed by atoms with van der Waals surface area (Å²) in [6, 6.07) is 9.99. The van der Waals surface area contributed by atoms with Crippen molar-refractivity contribution in [1.29, 1.82) is 0 Å². The molecule has 0 aliphatic carbocycles. The van der Waals surface area contributed by atoms with Crippen molar-refractivity contribution < 1.29 is 13.9 Å². The van der Waals surface area contributed by atoms with Crippen molar-refractivity contribution in [3.8, 4) is 11.5 Å². The monoisotopic (exact) mass is 309 g/mol. The van der Waals surface area contributed by atoms with Crippen LogP contribution in [-0.4, -0.2) is 7.11 Å². The van der Waals surface area contributed by atoms with E-state index in [4.69, 9.17) is 26.8 Å². The molecule has 2 aromatic rings. The maximum Gasteiger partial charge on any atom is 0.165 e. The van der Waals surface area contributed by atoms with Gasteiger partial charge in [-0.3, -0.25) is 0 Å². The fourth-order valence-corrected chi connectivity index (χ4v) is 2.12. The maximum atomic E-state index is 13.6. The fourth-order valence-electron chi connectivity index (χ4n) is 1.88. The molecule has 2 N–H and O–H groups in total. The summed E-state index contributed by atoms with van der Waals surface area (Å²) in [5, 5.41) is 0.485. The van der Waals surface area contributed by atoms with Crippen LogP contribution in [0.5, 0.6) is 11.5 Å². The molecule has 0 unspecified atom stereocenters. The Kier molecular flexibility index (Phi) is 5.04. The van der Waals surface area contributed by atoms with Gasteiger partial charge in [-0.05, 0) is 42.3 Å². The van der Waals surface area contributed by atoms with E-state index < -0.39 is 5.82 Å². The van der Waals surface area contributed by atoms with E-state index in [0.29, 0.717) is 16.3 Å². The molecule has 3 nitrogen and oxygen atoms in total. The molecule has 112 valence electrons. The smallest absolute Gasteiger partial charge is 0.165 e. The molecule has 2 aromatic carbocycles. The second kappa shape index (κ2) is 6.78. The van der Waals surface area contributed by atoms with Crippen LogP contribution in [0.15, 0.2) is 36.4 Å². The lowest BCUT2D eigenvalue weighted by Gasteiger charge is -2.12. The third kappa shape index (κ3) is 3.86. The zero-order valence-corrected chi connectivity index (χ0v) is 12.7. The molecule has 21 heavy (non-hydrogen) atoms. The summed E-state index contributed by atoms with van der Waals surface area (Å²) in [6.07, 6.45) is 0. The third-order valence-electron chi connectivity index (χ3n) is 3.09. The topological polar surface area (TPSA) is 44.5 Å². The van der Waals surface area contributed by atoms with Gasteiger partial charge < -0.3 is 15.2 Å². The molecule has 5 heteroatoms. The Hall–Kier alpha value is -1.78. The van der Waals surface area contributed by atoms with Gasteiger partial charge in [0.2, 0.25) is 0 Å². The molecular weight excluding hydrogens is 293 g/mol. The first kappa shape index (κ1) is 15.6. The third-order valence-corrected chi connectivity index (χ3v) is 3.39. The second-order valence-electron chi connectivity index (χ2n) is 4.74. The van der Waals surface area contributed by atoms with Crippen molar-refractivity contribution in [3.05, 3.63) is 58.4 Å². The standard InChI is InChI=1S/C16H17ClFNO2/c1-10(19)12-4-6-15(13(17)8-12)21-9-11-3-5-16(20-2)14(18)7-11/h3-8,10H,9,19H2,1-2H3/t10-/m0/s1. The average Bonchev–Trinajstić information content (AvgIpc) is 2.46. The normalized spacial score (nSPS) is 12.0. The zero-order valence-electron chi connectivity index (χ0n) is 11.9. The highest BCUT2D eigenvalue weighted by Crippen LogP contribution is 2.28. The highest BCUT2D eigenvalue weighted by atomic mass is 35.5. The Morgan fingerprint density at radius 3 is 2.48 bits per heavy atom. The van der Waals surface area contributed by atoms with Crippen LogP contribution in [-0.2, 0) is 6.61 Å². The first-order chi connectivity index (χ1) is 10.0. The number of rotatable bonds is 5. The van der Waals surface area contributed by atoms with Gasteiger partial charge >= 0.3 is 0 Å². The van der Waals surface area contributed by atoms with Gasteiger partial charge in [-0.25, -0.2) is 4.39 Å². The van der Waals surface area contributed by atoms with E-state index in [1.54, 1.807) is 24.3 Å². The van der Waals surface area contributed by atoms with Gasteiger partial charge in [0.25, 0.3) is 0 Å². The molecule has 0 aliphatic heterocycles. The van der Waals surface area contributed by atoms with Crippen molar-refractivity contribution >= 4 is 11.6 Å². The van der Waals surface area contributed by atoms with E-state index in [0.717, 1.165) is 5.56 Å². The molecule has 0 bridgehead atoms. The van der Waals surface area contributed by atoms with Crippen LogP contribution < -0.4 is 15.2 Å². The Bertz CT molecular complexity index is 632. The van der Waals surface area contributed by atoms with Crippen LogP contribution in [0.3, 0.4) is 0 Å². The number of benzene rings is 2. The van der Waals surface area contributed by atoms with Gasteiger partial charge in [0, 0.05) is 6.04 Å². The lowest BCUT2D eigenvalue weighted by atomic mass is 10.1. The van der Waals surface area contributed by atoms with Crippen LogP contribution in [0.25, 0.3) is 0 Å². The Morgan fingerprint density at radius 1 is 1.19 bits per heavy atom. The molecule has 1 atom stereocenters. The molecule has 0 heterocycles. The first-order valence-corrected chi connectivity index (χ1v) is 6.89. The van der Waals surface area contributed by atoms with Crippen LogP contribution in [0.1, 0.15) is 24.1 Å². The number of nitrogens with two attached hydrogens (primary N) is 1. The highest BCUT2D eigenvalue weighted by Gasteiger charge is 2.08. The molecule has 0 saturated heterocycles. The van der Waals surface area contributed by atoms with E-state index in [2.05, 4.69) is 0 Å². The molecule has 0 saturated carbocycles.